The number of hydrogen-bond acceptors (Lipinski definition) is 4. The Morgan fingerprint density at radius 1 is 1.10 bits per heavy atom. The van der Waals surface area contributed by atoms with Crippen LogP contribution in [0.5, 0.6) is 0 Å². The van der Waals surface area contributed by atoms with E-state index in [2.05, 4.69) is 26.1 Å². The number of rotatable bonds is 1. The molecular weight excluding hydrogens is 446 g/mol. The Bertz CT molecular complexity index is 1150. The van der Waals surface area contributed by atoms with Crippen LogP contribution in [-0.2, 0) is 19.9 Å². The summed E-state index contributed by atoms with van der Waals surface area (Å²) in [6.45, 7) is 2.70. The van der Waals surface area contributed by atoms with Crippen LogP contribution in [0.2, 0.25) is 0 Å². The first kappa shape index (κ1) is 18.3. The van der Waals surface area contributed by atoms with Crippen LogP contribution in [0.25, 0.3) is 0 Å². The van der Waals surface area contributed by atoms with E-state index in [9.17, 15) is 14.4 Å². The van der Waals surface area contributed by atoms with Crippen LogP contribution in [0.3, 0.4) is 0 Å². The number of nitrogens with one attached hydrogen (secondary N) is 1. The van der Waals surface area contributed by atoms with Gasteiger partial charge in [0.25, 0.3) is 0 Å². The number of fused-ring (bicyclic) bond motifs is 7. The summed E-state index contributed by atoms with van der Waals surface area (Å²) in [5, 5.41) is 3.01. The van der Waals surface area contributed by atoms with Crippen LogP contribution in [0.4, 0.5) is 11.4 Å². The second-order valence-electron chi connectivity index (χ2n) is 8.67. The highest BCUT2D eigenvalue weighted by molar-refractivity contribution is 9.10. The SMILES string of the molecule is Cc1ccc2c(c1)C1(C(=O)N2)C2C(=O)N(c3cccc(Br)c3)C(=O)C2C2CCCN21. The van der Waals surface area contributed by atoms with Gasteiger partial charge in [-0.2, -0.15) is 0 Å². The zero-order valence-electron chi connectivity index (χ0n) is 16.4. The van der Waals surface area contributed by atoms with Gasteiger partial charge in [0.15, 0.2) is 0 Å². The average molecular weight is 466 g/mol. The lowest BCUT2D eigenvalue weighted by molar-refractivity contribution is -0.135. The number of amides is 3. The Hall–Kier alpha value is -2.51. The minimum absolute atomic E-state index is 0.0965. The molecular formula is C23H20BrN3O3. The molecule has 0 radical (unpaired) electrons. The molecule has 30 heavy (non-hydrogen) atoms. The molecule has 3 amide bonds. The largest absolute Gasteiger partial charge is 0.324 e. The van der Waals surface area contributed by atoms with Gasteiger partial charge in [-0.05, 0) is 50.6 Å². The van der Waals surface area contributed by atoms with Crippen LogP contribution < -0.4 is 10.2 Å². The molecule has 0 aliphatic carbocycles. The number of aryl methyl sites for hydroxylation is 1. The Balaban J connectivity index is 1.57. The predicted octanol–water partition coefficient (Wildman–Crippen LogP) is 3.19. The van der Waals surface area contributed by atoms with Gasteiger partial charge in [0, 0.05) is 21.8 Å². The molecule has 0 bridgehead atoms. The van der Waals surface area contributed by atoms with E-state index in [0.29, 0.717) is 5.69 Å². The first-order valence-corrected chi connectivity index (χ1v) is 11.1. The maximum Gasteiger partial charge on any atom is 0.250 e. The topological polar surface area (TPSA) is 69.7 Å². The van der Waals surface area contributed by atoms with Gasteiger partial charge in [-0.25, -0.2) is 4.90 Å². The molecule has 4 unspecified atom stereocenters. The fourth-order valence-corrected chi connectivity index (χ4v) is 6.57. The molecule has 2 aromatic carbocycles. The van der Waals surface area contributed by atoms with Crippen LogP contribution in [0.15, 0.2) is 46.9 Å². The molecule has 7 heteroatoms. The van der Waals surface area contributed by atoms with Gasteiger partial charge in [-0.3, -0.25) is 19.3 Å². The summed E-state index contributed by atoms with van der Waals surface area (Å²) in [5.41, 5.74) is 2.06. The monoisotopic (exact) mass is 465 g/mol. The highest BCUT2D eigenvalue weighted by Gasteiger charge is 2.74. The molecule has 3 saturated heterocycles. The zero-order chi connectivity index (χ0) is 20.8. The summed E-state index contributed by atoms with van der Waals surface area (Å²) in [6.07, 6.45) is 1.74. The number of halogens is 1. The smallest absolute Gasteiger partial charge is 0.250 e. The van der Waals surface area contributed by atoms with Gasteiger partial charge in [0.1, 0.15) is 5.54 Å². The Labute approximate surface area is 182 Å². The van der Waals surface area contributed by atoms with E-state index in [0.717, 1.165) is 40.7 Å². The molecule has 0 saturated carbocycles. The van der Waals surface area contributed by atoms with E-state index in [1.54, 1.807) is 12.1 Å². The predicted molar refractivity (Wildman–Crippen MR) is 115 cm³/mol. The molecule has 4 aliphatic heterocycles. The number of imide groups is 1. The van der Waals surface area contributed by atoms with Crippen molar-refractivity contribution >= 4 is 45.0 Å². The zero-order valence-corrected chi connectivity index (χ0v) is 18.0. The van der Waals surface area contributed by atoms with E-state index in [-0.39, 0.29) is 23.8 Å². The molecule has 2 aromatic rings. The van der Waals surface area contributed by atoms with E-state index >= 15 is 0 Å². The highest BCUT2D eigenvalue weighted by atomic mass is 79.9. The molecule has 0 aromatic heterocycles. The average Bonchev–Trinajstić information content (AvgIpc) is 3.40. The first-order chi connectivity index (χ1) is 14.4. The van der Waals surface area contributed by atoms with Crippen molar-refractivity contribution < 1.29 is 14.4 Å². The van der Waals surface area contributed by atoms with Gasteiger partial charge in [-0.15, -0.1) is 0 Å². The molecule has 6 rings (SSSR count). The molecule has 4 aliphatic rings. The van der Waals surface area contributed by atoms with Crippen LogP contribution >= 0.6 is 15.9 Å². The number of carbonyl (C=O) groups is 3. The normalized spacial score (nSPS) is 32.0. The molecule has 4 atom stereocenters. The van der Waals surface area contributed by atoms with Crippen molar-refractivity contribution in [3.05, 3.63) is 58.1 Å². The molecule has 3 fully saturated rings. The molecule has 1 spiro atoms. The maximum absolute atomic E-state index is 13.8. The lowest BCUT2D eigenvalue weighted by Crippen LogP contribution is -2.54. The highest BCUT2D eigenvalue weighted by Crippen LogP contribution is 2.60. The van der Waals surface area contributed by atoms with Gasteiger partial charge < -0.3 is 5.32 Å². The maximum atomic E-state index is 13.8. The molecule has 6 nitrogen and oxygen atoms in total. The minimum Gasteiger partial charge on any atom is -0.324 e. The number of anilines is 2. The van der Waals surface area contributed by atoms with E-state index in [4.69, 9.17) is 0 Å². The van der Waals surface area contributed by atoms with Crippen molar-refractivity contribution in [1.82, 2.24) is 4.90 Å². The quantitative estimate of drug-likeness (QED) is 0.656. The summed E-state index contributed by atoms with van der Waals surface area (Å²) in [6, 6.07) is 13.0. The first-order valence-electron chi connectivity index (χ1n) is 10.3. The van der Waals surface area contributed by atoms with Crippen LogP contribution in [0, 0.1) is 18.8 Å². The lowest BCUT2D eigenvalue weighted by Gasteiger charge is -2.36. The third-order valence-corrected chi connectivity index (χ3v) is 7.71. The summed E-state index contributed by atoms with van der Waals surface area (Å²) in [5.74, 6) is -1.86. The van der Waals surface area contributed by atoms with Crippen molar-refractivity contribution in [1.29, 1.82) is 0 Å². The summed E-state index contributed by atoms with van der Waals surface area (Å²) < 4.78 is 0.800. The Morgan fingerprint density at radius 2 is 1.93 bits per heavy atom. The second kappa shape index (κ2) is 6.02. The van der Waals surface area contributed by atoms with E-state index < -0.39 is 17.4 Å². The van der Waals surface area contributed by atoms with Crippen LogP contribution in [0.1, 0.15) is 24.0 Å². The lowest BCUT2D eigenvalue weighted by atomic mass is 9.75. The van der Waals surface area contributed by atoms with Crippen LogP contribution in [-0.4, -0.2) is 35.2 Å². The van der Waals surface area contributed by atoms with Gasteiger partial charge in [0.2, 0.25) is 17.7 Å². The third kappa shape index (κ3) is 2.04. The second-order valence-corrected chi connectivity index (χ2v) is 9.58. The number of hydrogen-bond donors (Lipinski definition) is 1. The Morgan fingerprint density at radius 3 is 2.73 bits per heavy atom. The number of carbonyl (C=O) groups excluding carboxylic acids is 3. The fourth-order valence-electron chi connectivity index (χ4n) is 6.19. The van der Waals surface area contributed by atoms with Gasteiger partial charge in [0.05, 0.1) is 17.5 Å². The van der Waals surface area contributed by atoms with Crippen molar-refractivity contribution in [2.75, 3.05) is 16.8 Å². The minimum atomic E-state index is -1.11. The van der Waals surface area contributed by atoms with Crippen molar-refractivity contribution in [3.63, 3.8) is 0 Å². The summed E-state index contributed by atoms with van der Waals surface area (Å²) in [4.78, 5) is 44.4. The number of nitrogens with zero attached hydrogens (tertiary/aromatic N) is 2. The Kier molecular flexibility index (Phi) is 3.66. The van der Waals surface area contributed by atoms with Crippen molar-refractivity contribution in [3.8, 4) is 0 Å². The molecule has 152 valence electrons. The third-order valence-electron chi connectivity index (χ3n) is 7.21. The standard InChI is InChI=1S/C23H20BrN3O3/c1-12-7-8-16-15(10-12)23(22(30)25-16)19-18(17-6-3-9-26(17)23)20(28)27(21(19)29)14-5-2-4-13(24)11-14/h2,4-5,7-8,10-11,17-19H,3,6,9H2,1H3,(H,25,30). The van der Waals surface area contributed by atoms with E-state index in [1.165, 1.54) is 4.90 Å². The van der Waals surface area contributed by atoms with Crippen molar-refractivity contribution in [2.24, 2.45) is 11.8 Å². The summed E-state index contributed by atoms with van der Waals surface area (Å²) >= 11 is 3.43. The van der Waals surface area contributed by atoms with Gasteiger partial charge in [-0.1, -0.05) is 39.7 Å². The summed E-state index contributed by atoms with van der Waals surface area (Å²) in [7, 11) is 0. The van der Waals surface area contributed by atoms with Crippen molar-refractivity contribution in [2.45, 2.75) is 31.3 Å². The molecule has 4 heterocycles. The molecule has 1 N–H and O–H groups in total. The fraction of sp³-hybridized carbons (Fsp3) is 0.348. The van der Waals surface area contributed by atoms with E-state index in [1.807, 2.05) is 37.3 Å². The van der Waals surface area contributed by atoms with Gasteiger partial charge >= 0.3 is 0 Å². The number of benzene rings is 2.